The third-order valence-corrected chi connectivity index (χ3v) is 6.66. The van der Waals surface area contributed by atoms with Gasteiger partial charge in [-0.15, -0.1) is 0 Å². The first kappa shape index (κ1) is 27.7. The van der Waals surface area contributed by atoms with Crippen molar-refractivity contribution in [1.29, 1.82) is 0 Å². The van der Waals surface area contributed by atoms with E-state index in [1.54, 1.807) is 49.4 Å². The highest BCUT2D eigenvalue weighted by molar-refractivity contribution is 8.18. The number of furan rings is 1. The molecule has 9 nitrogen and oxygen atoms in total. The lowest BCUT2D eigenvalue weighted by atomic mass is 10.0. The number of methoxy groups -OCH3 is 1. The second-order valence-electron chi connectivity index (χ2n) is 7.83. The van der Waals surface area contributed by atoms with E-state index in [1.807, 2.05) is 13.8 Å². The number of rotatable bonds is 8. The van der Waals surface area contributed by atoms with Crippen molar-refractivity contribution in [2.75, 3.05) is 7.11 Å². The number of hydrogen-bond acceptors (Lipinski definition) is 8. The highest BCUT2D eigenvalue weighted by atomic mass is 35.5. The zero-order valence-corrected chi connectivity index (χ0v) is 22.1. The van der Waals surface area contributed by atoms with Crippen LogP contribution in [0.25, 0.3) is 17.4 Å². The van der Waals surface area contributed by atoms with Crippen molar-refractivity contribution in [3.8, 4) is 11.3 Å². The minimum atomic E-state index is -0.445. The van der Waals surface area contributed by atoms with E-state index in [4.69, 9.17) is 16.0 Å². The molecule has 0 radical (unpaired) electrons. The van der Waals surface area contributed by atoms with Crippen LogP contribution in [-0.2, 0) is 14.3 Å². The lowest BCUT2D eigenvalue weighted by Crippen LogP contribution is -2.19. The number of nitro benzene ring substituents is 1. The number of esters is 1. The summed E-state index contributed by atoms with van der Waals surface area (Å²) in [4.78, 5) is 39.5. The molecule has 2 aromatic rings. The van der Waals surface area contributed by atoms with Crippen LogP contribution in [0.5, 0.6) is 0 Å². The van der Waals surface area contributed by atoms with Crippen LogP contribution in [-0.4, -0.2) is 29.1 Å². The summed E-state index contributed by atoms with van der Waals surface area (Å²) >= 11 is 7.34. The van der Waals surface area contributed by atoms with Gasteiger partial charge in [0, 0.05) is 23.4 Å². The number of benzene rings is 1. The van der Waals surface area contributed by atoms with E-state index in [9.17, 15) is 19.7 Å². The summed E-state index contributed by atoms with van der Waals surface area (Å²) in [5.74, 6) is -0.0475. The van der Waals surface area contributed by atoms with Gasteiger partial charge in [0.05, 0.1) is 28.9 Å². The Balaban J connectivity index is 1.73. The molecule has 0 spiro atoms. The summed E-state index contributed by atoms with van der Waals surface area (Å²) < 4.78 is 10.5. The number of aliphatic imine (C=N–C) groups is 1. The van der Waals surface area contributed by atoms with E-state index < -0.39 is 10.9 Å². The molecule has 0 aliphatic carbocycles. The Morgan fingerprint density at radius 1 is 1.30 bits per heavy atom. The molecule has 1 N–H and O–H groups in total. The van der Waals surface area contributed by atoms with Crippen molar-refractivity contribution >= 4 is 52.2 Å². The molecule has 0 saturated carbocycles. The largest absolute Gasteiger partial charge is 0.469 e. The van der Waals surface area contributed by atoms with Gasteiger partial charge in [-0.25, -0.2) is 4.99 Å². The molecule has 192 valence electrons. The number of amides is 1. The Kier molecular flexibility index (Phi) is 9.26. The van der Waals surface area contributed by atoms with Gasteiger partial charge >= 0.3 is 5.97 Å². The van der Waals surface area contributed by atoms with E-state index in [-0.39, 0.29) is 18.0 Å². The first-order valence-corrected chi connectivity index (χ1v) is 12.2. The van der Waals surface area contributed by atoms with E-state index >= 15 is 0 Å². The number of amidine groups is 1. The Morgan fingerprint density at radius 2 is 2.03 bits per heavy atom. The van der Waals surface area contributed by atoms with Gasteiger partial charge in [-0.3, -0.25) is 19.7 Å². The molecule has 37 heavy (non-hydrogen) atoms. The number of nitro groups is 1. The summed E-state index contributed by atoms with van der Waals surface area (Å²) in [6, 6.07) is 6.51. The lowest BCUT2D eigenvalue weighted by molar-refractivity contribution is -0.384. The lowest BCUT2D eigenvalue weighted by Gasteiger charge is -2.04. The second-order valence-corrected chi connectivity index (χ2v) is 9.27. The van der Waals surface area contributed by atoms with Gasteiger partial charge in [0.1, 0.15) is 11.5 Å². The van der Waals surface area contributed by atoms with Crippen LogP contribution >= 0.6 is 23.4 Å². The molecule has 1 aliphatic heterocycles. The summed E-state index contributed by atoms with van der Waals surface area (Å²) in [5, 5.41) is 14.9. The minimum Gasteiger partial charge on any atom is -0.469 e. The molecular formula is C26H24ClN3O6S. The van der Waals surface area contributed by atoms with Crippen molar-refractivity contribution in [3.63, 3.8) is 0 Å². The Morgan fingerprint density at radius 3 is 2.70 bits per heavy atom. The zero-order valence-electron chi connectivity index (χ0n) is 20.5. The highest BCUT2D eigenvalue weighted by Crippen LogP contribution is 2.35. The van der Waals surface area contributed by atoms with Crippen LogP contribution in [0.4, 0.5) is 5.69 Å². The van der Waals surface area contributed by atoms with E-state index in [2.05, 4.69) is 15.0 Å². The third kappa shape index (κ3) is 7.08. The molecular weight excluding hydrogens is 518 g/mol. The molecule has 2 heterocycles. The maximum absolute atomic E-state index is 12.4. The quantitative estimate of drug-likeness (QED) is 0.139. The first-order valence-electron chi connectivity index (χ1n) is 11.0. The standard InChI is InChI=1S/C26H24ClN3O6S/c1-5-17(13-24(31)35-4)20(27)7-6-10-28-26-29-25(32)23(37-26)14-18-8-9-22(36-18)19-11-15(2)16(3)12-21(19)30(33)34/h5-12,14H,13H2,1-4H3,(H,28,29,32)/b10-6+,17-5-,20-7+,23-14-. The predicted molar refractivity (Wildman–Crippen MR) is 145 cm³/mol. The van der Waals surface area contributed by atoms with Gasteiger partial charge in [0.15, 0.2) is 5.17 Å². The number of ether oxygens (including phenoxy) is 1. The molecule has 1 aliphatic rings. The average Bonchev–Trinajstić information content (AvgIpc) is 3.47. The van der Waals surface area contributed by atoms with Crippen LogP contribution in [0.3, 0.4) is 0 Å². The van der Waals surface area contributed by atoms with E-state index in [0.717, 1.165) is 22.9 Å². The number of thioether (sulfide) groups is 1. The van der Waals surface area contributed by atoms with Crippen LogP contribution in [0.15, 0.2) is 73.6 Å². The van der Waals surface area contributed by atoms with Crippen molar-refractivity contribution in [2.24, 2.45) is 4.99 Å². The smallest absolute Gasteiger partial charge is 0.310 e. The fraction of sp³-hybridized carbons (Fsp3) is 0.192. The van der Waals surface area contributed by atoms with Gasteiger partial charge in [0.2, 0.25) is 0 Å². The van der Waals surface area contributed by atoms with E-state index in [0.29, 0.717) is 37.8 Å². The van der Waals surface area contributed by atoms with Gasteiger partial charge in [-0.1, -0.05) is 17.7 Å². The molecule has 0 unspecified atom stereocenters. The molecule has 0 bridgehead atoms. The first-order chi connectivity index (χ1) is 17.6. The summed E-state index contributed by atoms with van der Waals surface area (Å²) in [5.41, 5.74) is 2.65. The SMILES string of the molecule is C\C=C(CC(=O)OC)/C(Cl)=C\C=C\N=C1NC(=O)/C(=C/c2ccc(-c3cc(C)c(C)cc3[N+](=O)[O-])o2)S1. The van der Waals surface area contributed by atoms with Gasteiger partial charge < -0.3 is 14.5 Å². The summed E-state index contributed by atoms with van der Waals surface area (Å²) in [7, 11) is 1.31. The maximum Gasteiger partial charge on any atom is 0.310 e. The Bertz CT molecular complexity index is 1400. The molecule has 1 aromatic carbocycles. The third-order valence-electron chi connectivity index (χ3n) is 5.36. The number of carbonyl (C=O) groups is 2. The summed E-state index contributed by atoms with van der Waals surface area (Å²) in [6.45, 7) is 5.45. The molecule has 1 aromatic heterocycles. The normalized spacial score (nSPS) is 16.6. The van der Waals surface area contributed by atoms with Crippen LogP contribution in [0.2, 0.25) is 0 Å². The minimum absolute atomic E-state index is 0.0492. The van der Waals surface area contributed by atoms with Gasteiger partial charge in [-0.2, -0.15) is 0 Å². The van der Waals surface area contributed by atoms with Gasteiger partial charge in [0.25, 0.3) is 11.6 Å². The monoisotopic (exact) mass is 541 g/mol. The number of nitrogens with one attached hydrogen (secondary N) is 1. The molecule has 1 amide bonds. The maximum atomic E-state index is 12.4. The number of halogens is 1. The molecule has 1 saturated heterocycles. The fourth-order valence-corrected chi connectivity index (χ4v) is 4.27. The molecule has 1 fully saturated rings. The van der Waals surface area contributed by atoms with Crippen LogP contribution in [0.1, 0.15) is 30.2 Å². The molecule has 3 rings (SSSR count). The van der Waals surface area contributed by atoms with Crippen molar-refractivity contribution in [3.05, 3.63) is 91.2 Å². The zero-order chi connectivity index (χ0) is 27.1. The number of carbonyl (C=O) groups excluding carboxylic acids is 2. The fourth-order valence-electron chi connectivity index (χ4n) is 3.24. The van der Waals surface area contributed by atoms with Crippen LogP contribution in [0, 0.1) is 24.0 Å². The number of allylic oxidation sites excluding steroid dienone is 4. The van der Waals surface area contributed by atoms with Crippen molar-refractivity contribution < 1.29 is 23.7 Å². The second kappa shape index (κ2) is 12.4. The Hall–Kier alpha value is -3.89. The number of nitrogens with zero attached hydrogens (tertiary/aromatic N) is 2. The topological polar surface area (TPSA) is 124 Å². The number of hydrogen-bond donors (Lipinski definition) is 1. The van der Waals surface area contributed by atoms with Gasteiger partial charge in [-0.05, 0) is 79.6 Å². The van der Waals surface area contributed by atoms with E-state index in [1.165, 1.54) is 19.4 Å². The van der Waals surface area contributed by atoms with Crippen molar-refractivity contribution in [2.45, 2.75) is 27.2 Å². The summed E-state index contributed by atoms with van der Waals surface area (Å²) in [6.07, 6.45) is 7.94. The molecule has 11 heteroatoms. The Labute approximate surface area is 222 Å². The van der Waals surface area contributed by atoms with Crippen molar-refractivity contribution in [1.82, 2.24) is 5.32 Å². The van der Waals surface area contributed by atoms with Crippen LogP contribution < -0.4 is 5.32 Å². The molecule has 0 atom stereocenters. The average molecular weight is 542 g/mol. The number of aryl methyl sites for hydroxylation is 2. The predicted octanol–water partition coefficient (Wildman–Crippen LogP) is 6.18. The highest BCUT2D eigenvalue weighted by Gasteiger charge is 2.24.